The smallest absolute Gasteiger partial charge is 0.136 e. The van der Waals surface area contributed by atoms with Crippen molar-refractivity contribution in [1.82, 2.24) is 0 Å². The van der Waals surface area contributed by atoms with Crippen LogP contribution in [0.15, 0.2) is 174 Å². The molecule has 0 saturated carbocycles. The molecule has 1 aromatic heterocycles. The fourth-order valence-corrected chi connectivity index (χ4v) is 7.74. The molecule has 0 atom stereocenters. The summed E-state index contributed by atoms with van der Waals surface area (Å²) in [5, 5.41) is 12.2. The summed E-state index contributed by atoms with van der Waals surface area (Å²) < 4.78 is 6.39. The third-order valence-corrected chi connectivity index (χ3v) is 9.84. The first-order valence-corrected chi connectivity index (χ1v) is 16.2. The Kier molecular flexibility index (Phi) is 5.64. The summed E-state index contributed by atoms with van der Waals surface area (Å²) in [4.78, 5) is 0. The van der Waals surface area contributed by atoms with Crippen LogP contribution < -0.4 is 0 Å². The Morgan fingerprint density at radius 3 is 1.57 bits per heavy atom. The molecule has 218 valence electrons. The largest absolute Gasteiger partial charge is 0.456 e. The van der Waals surface area contributed by atoms with Crippen molar-refractivity contribution in [3.8, 4) is 33.4 Å². The van der Waals surface area contributed by atoms with Crippen molar-refractivity contribution in [3.05, 3.63) is 170 Å². The van der Waals surface area contributed by atoms with E-state index >= 15 is 0 Å². The Morgan fingerprint density at radius 1 is 0.298 bits per heavy atom. The zero-order valence-electron chi connectivity index (χ0n) is 25.6. The summed E-state index contributed by atoms with van der Waals surface area (Å²) in [6.45, 7) is 0. The van der Waals surface area contributed by atoms with Gasteiger partial charge in [0.15, 0.2) is 0 Å². The molecule has 0 amide bonds. The molecule has 0 aliphatic rings. The average molecular weight is 597 g/mol. The monoisotopic (exact) mass is 596 g/mol. The Labute approximate surface area is 271 Å². The second kappa shape index (κ2) is 10.2. The molecule has 0 radical (unpaired) electrons. The first kappa shape index (κ1) is 26.1. The van der Waals surface area contributed by atoms with Crippen molar-refractivity contribution < 1.29 is 4.42 Å². The lowest BCUT2D eigenvalue weighted by molar-refractivity contribution is 0.669. The van der Waals surface area contributed by atoms with Crippen molar-refractivity contribution in [2.24, 2.45) is 0 Å². The van der Waals surface area contributed by atoms with Gasteiger partial charge in [-0.3, -0.25) is 0 Å². The molecule has 1 nitrogen and oxygen atoms in total. The molecule has 0 aliphatic carbocycles. The van der Waals surface area contributed by atoms with Crippen molar-refractivity contribution in [3.63, 3.8) is 0 Å². The third-order valence-electron chi connectivity index (χ3n) is 9.84. The van der Waals surface area contributed by atoms with Gasteiger partial charge in [0.2, 0.25) is 0 Å². The minimum absolute atomic E-state index is 0.912. The molecule has 0 saturated heterocycles. The summed E-state index contributed by atoms with van der Waals surface area (Å²) in [5.74, 6) is 0. The van der Waals surface area contributed by atoms with Crippen LogP contribution in [0.25, 0.3) is 98.4 Å². The van der Waals surface area contributed by atoms with Gasteiger partial charge in [-0.05, 0) is 101 Å². The highest BCUT2D eigenvalue weighted by Gasteiger charge is 2.20. The molecular formula is C46H28O. The van der Waals surface area contributed by atoms with E-state index in [1.807, 2.05) is 0 Å². The molecule has 0 aliphatic heterocycles. The van der Waals surface area contributed by atoms with Gasteiger partial charge < -0.3 is 4.42 Å². The topological polar surface area (TPSA) is 13.1 Å². The predicted molar refractivity (Wildman–Crippen MR) is 200 cm³/mol. The lowest BCUT2D eigenvalue weighted by Crippen LogP contribution is -1.92. The molecule has 1 heterocycles. The minimum atomic E-state index is 0.912. The first-order chi connectivity index (χ1) is 23.3. The lowest BCUT2D eigenvalue weighted by Gasteiger charge is -2.20. The normalized spacial score (nSPS) is 11.8. The van der Waals surface area contributed by atoms with Crippen LogP contribution >= 0.6 is 0 Å². The molecule has 10 rings (SSSR count). The van der Waals surface area contributed by atoms with E-state index in [0.717, 1.165) is 16.6 Å². The van der Waals surface area contributed by atoms with E-state index in [4.69, 9.17) is 4.42 Å². The van der Waals surface area contributed by atoms with Crippen LogP contribution in [-0.4, -0.2) is 0 Å². The Morgan fingerprint density at radius 2 is 0.830 bits per heavy atom. The average Bonchev–Trinajstić information content (AvgIpc) is 3.52. The predicted octanol–water partition coefficient (Wildman–Crippen LogP) is 13.2. The Bertz CT molecular complexity index is 2800. The molecule has 0 fully saturated rings. The Balaban J connectivity index is 1.27. The van der Waals surface area contributed by atoms with Crippen molar-refractivity contribution in [1.29, 1.82) is 0 Å². The van der Waals surface area contributed by atoms with Gasteiger partial charge in [-0.25, -0.2) is 0 Å². The quantitative estimate of drug-likeness (QED) is 0.185. The first-order valence-electron chi connectivity index (χ1n) is 16.2. The Hall–Kier alpha value is -6.18. The highest BCUT2D eigenvalue weighted by atomic mass is 16.3. The summed E-state index contributed by atoms with van der Waals surface area (Å²) in [5.41, 5.74) is 9.24. The fourth-order valence-electron chi connectivity index (χ4n) is 7.74. The SMILES string of the molecule is c1ccc(-c2c3ccccc3c(-c3ccc4oc5ccc6ccccc6c5c4c3)c3ccccc23)c(-c2ccc3ccccc3c2)c1. The van der Waals surface area contributed by atoms with Gasteiger partial charge in [-0.1, -0.05) is 146 Å². The number of hydrogen-bond acceptors (Lipinski definition) is 1. The van der Waals surface area contributed by atoms with Gasteiger partial charge in [0.05, 0.1) is 0 Å². The second-order valence-electron chi connectivity index (χ2n) is 12.4. The van der Waals surface area contributed by atoms with Gasteiger partial charge in [-0.2, -0.15) is 0 Å². The van der Waals surface area contributed by atoms with E-state index in [1.165, 1.54) is 81.9 Å². The molecule has 47 heavy (non-hydrogen) atoms. The molecular weight excluding hydrogens is 569 g/mol. The third kappa shape index (κ3) is 3.97. The summed E-state index contributed by atoms with van der Waals surface area (Å²) in [7, 11) is 0. The number of rotatable bonds is 3. The van der Waals surface area contributed by atoms with Crippen molar-refractivity contribution in [2.45, 2.75) is 0 Å². The van der Waals surface area contributed by atoms with Gasteiger partial charge >= 0.3 is 0 Å². The molecule has 0 spiro atoms. The maximum absolute atomic E-state index is 6.39. The minimum Gasteiger partial charge on any atom is -0.456 e. The van der Waals surface area contributed by atoms with E-state index < -0.39 is 0 Å². The summed E-state index contributed by atoms with van der Waals surface area (Å²) in [6, 6.07) is 61.6. The lowest BCUT2D eigenvalue weighted by atomic mass is 9.83. The molecule has 0 N–H and O–H groups in total. The maximum atomic E-state index is 6.39. The van der Waals surface area contributed by atoms with Gasteiger partial charge in [0.1, 0.15) is 11.2 Å². The van der Waals surface area contributed by atoms with E-state index in [0.29, 0.717) is 0 Å². The van der Waals surface area contributed by atoms with Crippen molar-refractivity contribution in [2.75, 3.05) is 0 Å². The number of furan rings is 1. The zero-order valence-corrected chi connectivity index (χ0v) is 25.6. The second-order valence-corrected chi connectivity index (χ2v) is 12.4. The number of benzene rings is 9. The van der Waals surface area contributed by atoms with E-state index in [-0.39, 0.29) is 0 Å². The zero-order chi connectivity index (χ0) is 30.9. The van der Waals surface area contributed by atoms with E-state index in [2.05, 4.69) is 170 Å². The molecule has 1 heteroatoms. The summed E-state index contributed by atoms with van der Waals surface area (Å²) in [6.07, 6.45) is 0. The van der Waals surface area contributed by atoms with Crippen LogP contribution in [-0.2, 0) is 0 Å². The standard InChI is InChI=1S/C46H28O/c1-2-13-31-27-32(22-21-29(31)11-1)34-14-5-6-16-36(34)45-39-19-9-7-17-37(39)44(38-18-8-10-20-40(38)45)33-24-25-42-41(28-33)46-35-15-4-3-12-30(35)23-26-43(46)47-42/h1-28H. The van der Waals surface area contributed by atoms with Crippen LogP contribution in [0.4, 0.5) is 0 Å². The van der Waals surface area contributed by atoms with Gasteiger partial charge in [0, 0.05) is 10.8 Å². The van der Waals surface area contributed by atoms with Crippen LogP contribution in [0, 0.1) is 0 Å². The van der Waals surface area contributed by atoms with E-state index in [1.54, 1.807) is 0 Å². The molecule has 9 aromatic carbocycles. The van der Waals surface area contributed by atoms with Crippen LogP contribution in [0.3, 0.4) is 0 Å². The maximum Gasteiger partial charge on any atom is 0.136 e. The highest BCUT2D eigenvalue weighted by Crippen LogP contribution is 2.47. The van der Waals surface area contributed by atoms with Crippen LogP contribution in [0.5, 0.6) is 0 Å². The molecule has 0 unspecified atom stereocenters. The van der Waals surface area contributed by atoms with Gasteiger partial charge in [0.25, 0.3) is 0 Å². The van der Waals surface area contributed by atoms with Gasteiger partial charge in [-0.15, -0.1) is 0 Å². The number of fused-ring (bicyclic) bond motifs is 8. The molecule has 10 aromatic rings. The highest BCUT2D eigenvalue weighted by molar-refractivity contribution is 6.24. The van der Waals surface area contributed by atoms with Crippen molar-refractivity contribution >= 4 is 65.0 Å². The van der Waals surface area contributed by atoms with Crippen LogP contribution in [0.2, 0.25) is 0 Å². The number of hydrogen-bond donors (Lipinski definition) is 0. The molecule has 0 bridgehead atoms. The fraction of sp³-hybridized carbons (Fsp3) is 0. The van der Waals surface area contributed by atoms with Crippen LogP contribution in [0.1, 0.15) is 0 Å². The van der Waals surface area contributed by atoms with E-state index in [9.17, 15) is 0 Å². The summed E-state index contributed by atoms with van der Waals surface area (Å²) >= 11 is 0.